The summed E-state index contributed by atoms with van der Waals surface area (Å²) < 4.78 is 16.8. The van der Waals surface area contributed by atoms with Crippen LogP contribution in [-0.2, 0) is 28.6 Å². The number of carbonyl (C=O) groups excluding carboxylic acids is 3. The van der Waals surface area contributed by atoms with Crippen LogP contribution in [-0.4, -0.2) is 37.2 Å². The van der Waals surface area contributed by atoms with Crippen LogP contribution in [0.3, 0.4) is 0 Å². The van der Waals surface area contributed by atoms with Crippen LogP contribution in [0.4, 0.5) is 0 Å². The van der Waals surface area contributed by atoms with Crippen LogP contribution in [0.25, 0.3) is 0 Å². The molecule has 0 amide bonds. The van der Waals surface area contributed by atoms with Gasteiger partial charge in [-0.2, -0.15) is 0 Å². The largest absolute Gasteiger partial charge is 0.462 e. The second-order valence-electron chi connectivity index (χ2n) is 20.6. The topological polar surface area (TPSA) is 78.9 Å². The summed E-state index contributed by atoms with van der Waals surface area (Å²) in [5, 5.41) is 0. The summed E-state index contributed by atoms with van der Waals surface area (Å²) in [6, 6.07) is 0. The molecule has 0 aliphatic heterocycles. The van der Waals surface area contributed by atoms with E-state index in [1.807, 2.05) is 0 Å². The third kappa shape index (κ3) is 49.8. The Morgan fingerprint density at radius 3 is 0.891 bits per heavy atom. The van der Waals surface area contributed by atoms with Crippen molar-refractivity contribution in [3.8, 4) is 0 Å². The average molecular weight is 906 g/mol. The van der Waals surface area contributed by atoms with Gasteiger partial charge < -0.3 is 14.2 Å². The molecule has 0 N–H and O–H groups in total. The van der Waals surface area contributed by atoms with Gasteiger partial charge in [-0.15, -0.1) is 0 Å². The number of hydrogen-bond acceptors (Lipinski definition) is 6. The van der Waals surface area contributed by atoms with Crippen LogP contribution in [0, 0.1) is 11.8 Å². The summed E-state index contributed by atoms with van der Waals surface area (Å²) in [6.07, 6.45) is 53.8. The van der Waals surface area contributed by atoms with Gasteiger partial charge in [0.15, 0.2) is 6.10 Å². The first-order valence-electron chi connectivity index (χ1n) is 28.8. The summed E-state index contributed by atoms with van der Waals surface area (Å²) in [6.45, 7) is 11.4. The minimum Gasteiger partial charge on any atom is -0.462 e. The van der Waals surface area contributed by atoms with Crippen molar-refractivity contribution in [3.05, 3.63) is 0 Å². The maximum Gasteiger partial charge on any atom is 0.306 e. The van der Waals surface area contributed by atoms with Gasteiger partial charge in [-0.1, -0.05) is 285 Å². The van der Waals surface area contributed by atoms with Crippen LogP contribution in [0.15, 0.2) is 0 Å². The molecule has 6 heteroatoms. The molecule has 0 aliphatic carbocycles. The van der Waals surface area contributed by atoms with Crippen molar-refractivity contribution in [1.29, 1.82) is 0 Å². The molecule has 0 saturated carbocycles. The maximum atomic E-state index is 12.8. The molecule has 0 spiro atoms. The standard InChI is InChI=1S/C58H112O6/c1-6-8-9-10-11-12-28-33-38-43-48-56(59)62-51-55(64-58(61)50-45-40-35-30-25-21-22-26-31-36-41-46-53(3)4)52-63-57(60)49-44-39-34-29-24-20-18-16-14-13-15-17-19-23-27-32-37-42-47-54(5)7-2/h53-55H,6-52H2,1-5H3/t54?,55-/m0/s1. The first kappa shape index (κ1) is 62.4. The van der Waals surface area contributed by atoms with Crippen LogP contribution in [0.1, 0.15) is 324 Å². The molecule has 0 aromatic rings. The SMILES string of the molecule is CCCCCCCCCCCCC(=O)OC[C@@H](COC(=O)CCCCCCCCCCCCCCCCCCCCC(C)CC)OC(=O)CCCCCCCCCCCCCC(C)C. The lowest BCUT2D eigenvalue weighted by Gasteiger charge is -2.18. The third-order valence-electron chi connectivity index (χ3n) is 13.6. The highest BCUT2D eigenvalue weighted by Gasteiger charge is 2.19. The fourth-order valence-electron chi connectivity index (χ4n) is 8.84. The predicted molar refractivity (Wildman–Crippen MR) is 275 cm³/mol. The Morgan fingerprint density at radius 2 is 0.594 bits per heavy atom. The zero-order chi connectivity index (χ0) is 46.8. The monoisotopic (exact) mass is 905 g/mol. The lowest BCUT2D eigenvalue weighted by Crippen LogP contribution is -2.30. The molecule has 0 rings (SSSR count). The van der Waals surface area contributed by atoms with Gasteiger partial charge in [0, 0.05) is 19.3 Å². The van der Waals surface area contributed by atoms with E-state index in [-0.39, 0.29) is 31.1 Å². The molecule has 64 heavy (non-hydrogen) atoms. The van der Waals surface area contributed by atoms with Crippen molar-refractivity contribution >= 4 is 17.9 Å². The van der Waals surface area contributed by atoms with Crippen molar-refractivity contribution in [2.24, 2.45) is 11.8 Å². The second-order valence-corrected chi connectivity index (χ2v) is 20.6. The molecular weight excluding hydrogens is 793 g/mol. The summed E-state index contributed by atoms with van der Waals surface area (Å²) in [4.78, 5) is 38.0. The van der Waals surface area contributed by atoms with E-state index in [4.69, 9.17) is 14.2 Å². The van der Waals surface area contributed by atoms with Crippen molar-refractivity contribution in [1.82, 2.24) is 0 Å². The van der Waals surface area contributed by atoms with Gasteiger partial charge in [-0.25, -0.2) is 0 Å². The molecule has 380 valence electrons. The normalized spacial score (nSPS) is 12.5. The summed E-state index contributed by atoms with van der Waals surface area (Å²) in [5.41, 5.74) is 0. The lowest BCUT2D eigenvalue weighted by molar-refractivity contribution is -0.167. The molecule has 0 saturated heterocycles. The number of rotatable bonds is 52. The van der Waals surface area contributed by atoms with Crippen molar-refractivity contribution in [3.63, 3.8) is 0 Å². The molecule has 0 fully saturated rings. The highest BCUT2D eigenvalue weighted by molar-refractivity contribution is 5.71. The van der Waals surface area contributed by atoms with Gasteiger partial charge in [-0.3, -0.25) is 14.4 Å². The molecule has 0 bridgehead atoms. The lowest BCUT2D eigenvalue weighted by atomic mass is 9.99. The number of hydrogen-bond donors (Lipinski definition) is 0. The molecule has 2 atom stereocenters. The predicted octanol–water partition coefficient (Wildman–Crippen LogP) is 18.9. The molecule has 0 aromatic heterocycles. The zero-order valence-electron chi connectivity index (χ0n) is 43.9. The molecule has 0 heterocycles. The van der Waals surface area contributed by atoms with E-state index in [9.17, 15) is 14.4 Å². The van der Waals surface area contributed by atoms with Gasteiger partial charge in [0.25, 0.3) is 0 Å². The Hall–Kier alpha value is -1.59. The van der Waals surface area contributed by atoms with Crippen molar-refractivity contribution in [2.75, 3.05) is 13.2 Å². The number of ether oxygens (including phenoxy) is 3. The number of unbranched alkanes of at least 4 members (excludes halogenated alkanes) is 36. The van der Waals surface area contributed by atoms with E-state index in [2.05, 4.69) is 34.6 Å². The first-order valence-corrected chi connectivity index (χ1v) is 28.8. The summed E-state index contributed by atoms with van der Waals surface area (Å²) in [7, 11) is 0. The Balaban J connectivity index is 4.19. The molecule has 0 aromatic carbocycles. The summed E-state index contributed by atoms with van der Waals surface area (Å²) >= 11 is 0. The number of esters is 3. The second kappa shape index (κ2) is 50.8. The van der Waals surface area contributed by atoms with Crippen LogP contribution in [0.2, 0.25) is 0 Å². The minimum absolute atomic E-state index is 0.0629. The van der Waals surface area contributed by atoms with E-state index < -0.39 is 6.10 Å². The fourth-order valence-corrected chi connectivity index (χ4v) is 8.84. The Bertz CT molecular complexity index is 980. The molecule has 6 nitrogen and oxygen atoms in total. The van der Waals surface area contributed by atoms with Gasteiger partial charge in [-0.05, 0) is 31.1 Å². The Morgan fingerprint density at radius 1 is 0.328 bits per heavy atom. The molecule has 0 radical (unpaired) electrons. The Labute approximate surface area is 399 Å². The maximum absolute atomic E-state index is 12.8. The van der Waals surface area contributed by atoms with E-state index in [0.717, 1.165) is 69.6 Å². The summed E-state index contributed by atoms with van der Waals surface area (Å²) in [5.74, 6) is 0.892. The van der Waals surface area contributed by atoms with E-state index in [0.29, 0.717) is 19.3 Å². The van der Waals surface area contributed by atoms with E-state index in [1.165, 1.54) is 212 Å². The van der Waals surface area contributed by atoms with Crippen LogP contribution >= 0.6 is 0 Å². The first-order chi connectivity index (χ1) is 31.3. The fraction of sp³-hybridized carbons (Fsp3) is 0.948. The van der Waals surface area contributed by atoms with Crippen LogP contribution in [0.5, 0.6) is 0 Å². The van der Waals surface area contributed by atoms with Gasteiger partial charge in [0.05, 0.1) is 0 Å². The van der Waals surface area contributed by atoms with Gasteiger partial charge in [0.1, 0.15) is 13.2 Å². The Kier molecular flexibility index (Phi) is 49.6. The van der Waals surface area contributed by atoms with Crippen molar-refractivity contribution in [2.45, 2.75) is 330 Å². The highest BCUT2D eigenvalue weighted by atomic mass is 16.6. The molecule has 0 aliphatic rings. The molecule has 1 unspecified atom stereocenters. The third-order valence-corrected chi connectivity index (χ3v) is 13.6. The van der Waals surface area contributed by atoms with Gasteiger partial charge in [0.2, 0.25) is 0 Å². The quantitative estimate of drug-likeness (QED) is 0.0344. The minimum atomic E-state index is -0.762. The number of carbonyl (C=O) groups is 3. The van der Waals surface area contributed by atoms with Crippen LogP contribution < -0.4 is 0 Å². The highest BCUT2D eigenvalue weighted by Crippen LogP contribution is 2.19. The average Bonchev–Trinajstić information content (AvgIpc) is 3.28. The molecular formula is C58H112O6. The van der Waals surface area contributed by atoms with E-state index in [1.54, 1.807) is 0 Å². The van der Waals surface area contributed by atoms with Gasteiger partial charge >= 0.3 is 17.9 Å². The van der Waals surface area contributed by atoms with Crippen molar-refractivity contribution < 1.29 is 28.6 Å². The van der Waals surface area contributed by atoms with E-state index >= 15 is 0 Å². The smallest absolute Gasteiger partial charge is 0.306 e. The zero-order valence-corrected chi connectivity index (χ0v) is 43.9.